The van der Waals surface area contributed by atoms with Crippen molar-refractivity contribution in [3.63, 3.8) is 0 Å². The van der Waals surface area contributed by atoms with Crippen LogP contribution in [0.4, 0.5) is 0 Å². The summed E-state index contributed by atoms with van der Waals surface area (Å²) >= 11 is 0. The Labute approximate surface area is 115 Å². The fourth-order valence-electron chi connectivity index (χ4n) is 2.43. The highest BCUT2D eigenvalue weighted by Gasteiger charge is 2.12. The lowest BCUT2D eigenvalue weighted by Gasteiger charge is -2.05. The van der Waals surface area contributed by atoms with Gasteiger partial charge in [0.1, 0.15) is 11.5 Å². The molecular weight excluding hydrogens is 238 g/mol. The fraction of sp³-hybridized carbons (Fsp3) is 0.562. The first-order chi connectivity index (χ1) is 9.15. The minimum Gasteiger partial charge on any atom is -0.493 e. The highest BCUT2D eigenvalue weighted by molar-refractivity contribution is 5.78. The maximum absolute atomic E-state index is 11.8. The standard InChI is InChI=1S/C16H23NO2/c1-12(17)3-2-4-15(18)7-5-13-6-8-16-14(11-13)9-10-19-16/h6,8,11-12H,2-5,7,9-10,17H2,1H3. The van der Waals surface area contributed by atoms with Crippen molar-refractivity contribution in [3.05, 3.63) is 29.3 Å². The van der Waals surface area contributed by atoms with Crippen LogP contribution in [0.25, 0.3) is 0 Å². The number of ketones is 1. The van der Waals surface area contributed by atoms with Gasteiger partial charge >= 0.3 is 0 Å². The van der Waals surface area contributed by atoms with E-state index < -0.39 is 0 Å². The summed E-state index contributed by atoms with van der Waals surface area (Å²) in [6.07, 6.45) is 4.97. The van der Waals surface area contributed by atoms with Crippen molar-refractivity contribution >= 4 is 5.78 Å². The van der Waals surface area contributed by atoms with Gasteiger partial charge in [0.25, 0.3) is 0 Å². The molecule has 0 fully saturated rings. The molecule has 0 aliphatic carbocycles. The minimum atomic E-state index is 0.199. The average Bonchev–Trinajstić information content (AvgIpc) is 2.83. The van der Waals surface area contributed by atoms with Crippen molar-refractivity contribution in [2.75, 3.05) is 6.61 Å². The molecule has 19 heavy (non-hydrogen) atoms. The molecule has 3 nitrogen and oxygen atoms in total. The first kappa shape index (κ1) is 14.1. The quantitative estimate of drug-likeness (QED) is 0.821. The second kappa shape index (κ2) is 6.71. The number of carbonyl (C=O) groups excluding carboxylic acids is 1. The Bertz CT molecular complexity index is 440. The molecule has 104 valence electrons. The molecule has 1 aromatic carbocycles. The van der Waals surface area contributed by atoms with E-state index in [-0.39, 0.29) is 6.04 Å². The van der Waals surface area contributed by atoms with Gasteiger partial charge < -0.3 is 10.5 Å². The molecule has 1 unspecified atom stereocenters. The predicted molar refractivity (Wildman–Crippen MR) is 76.5 cm³/mol. The molecule has 0 amide bonds. The van der Waals surface area contributed by atoms with Gasteiger partial charge in [-0.05, 0) is 43.4 Å². The van der Waals surface area contributed by atoms with Gasteiger partial charge in [-0.15, -0.1) is 0 Å². The van der Waals surface area contributed by atoms with Gasteiger partial charge in [0.15, 0.2) is 0 Å². The van der Waals surface area contributed by atoms with E-state index >= 15 is 0 Å². The van der Waals surface area contributed by atoms with Gasteiger partial charge in [0, 0.05) is 25.3 Å². The van der Waals surface area contributed by atoms with Crippen molar-refractivity contribution in [2.24, 2.45) is 5.73 Å². The number of Topliss-reactive ketones (excluding diaryl/α,β-unsaturated/α-hetero) is 1. The normalized spacial score (nSPS) is 14.8. The van der Waals surface area contributed by atoms with E-state index in [0.29, 0.717) is 18.6 Å². The number of aryl methyl sites for hydroxylation is 1. The zero-order chi connectivity index (χ0) is 13.7. The van der Waals surface area contributed by atoms with Crippen LogP contribution in [0.15, 0.2) is 18.2 Å². The summed E-state index contributed by atoms with van der Waals surface area (Å²) in [6, 6.07) is 6.47. The van der Waals surface area contributed by atoms with Crippen LogP contribution in [0, 0.1) is 0 Å². The number of ether oxygens (including phenoxy) is 1. The molecule has 0 saturated heterocycles. The highest BCUT2D eigenvalue weighted by Crippen LogP contribution is 2.26. The van der Waals surface area contributed by atoms with Crippen LogP contribution in [0.2, 0.25) is 0 Å². The van der Waals surface area contributed by atoms with E-state index in [2.05, 4.69) is 12.1 Å². The third-order valence-corrected chi connectivity index (χ3v) is 3.56. The van der Waals surface area contributed by atoms with Crippen molar-refractivity contribution < 1.29 is 9.53 Å². The van der Waals surface area contributed by atoms with Crippen LogP contribution in [0.5, 0.6) is 5.75 Å². The fourth-order valence-corrected chi connectivity index (χ4v) is 2.43. The smallest absolute Gasteiger partial charge is 0.133 e. The molecule has 0 saturated carbocycles. The summed E-state index contributed by atoms with van der Waals surface area (Å²) in [4.78, 5) is 11.8. The second-order valence-corrected chi connectivity index (χ2v) is 5.45. The Hall–Kier alpha value is -1.35. The van der Waals surface area contributed by atoms with Crippen LogP contribution in [0.1, 0.15) is 43.7 Å². The number of carbonyl (C=O) groups is 1. The lowest BCUT2D eigenvalue weighted by atomic mass is 10.0. The van der Waals surface area contributed by atoms with Crippen molar-refractivity contribution in [1.82, 2.24) is 0 Å². The molecule has 1 aromatic rings. The lowest BCUT2D eigenvalue weighted by Crippen LogP contribution is -2.14. The maximum atomic E-state index is 11.8. The van der Waals surface area contributed by atoms with E-state index in [0.717, 1.165) is 38.0 Å². The first-order valence-corrected chi connectivity index (χ1v) is 7.17. The number of hydrogen-bond donors (Lipinski definition) is 1. The number of nitrogens with two attached hydrogens (primary N) is 1. The number of fused-ring (bicyclic) bond motifs is 1. The molecule has 0 spiro atoms. The number of rotatable bonds is 7. The molecule has 1 atom stereocenters. The van der Waals surface area contributed by atoms with Crippen LogP contribution in [-0.4, -0.2) is 18.4 Å². The summed E-state index contributed by atoms with van der Waals surface area (Å²) in [5, 5.41) is 0. The zero-order valence-corrected chi connectivity index (χ0v) is 11.7. The highest BCUT2D eigenvalue weighted by atomic mass is 16.5. The van der Waals surface area contributed by atoms with Crippen LogP contribution >= 0.6 is 0 Å². The van der Waals surface area contributed by atoms with E-state index in [1.165, 1.54) is 11.1 Å². The SMILES string of the molecule is CC(N)CCCC(=O)CCc1ccc2c(c1)CCO2. The van der Waals surface area contributed by atoms with Crippen LogP contribution in [-0.2, 0) is 17.6 Å². The average molecular weight is 261 g/mol. The van der Waals surface area contributed by atoms with E-state index in [1.54, 1.807) is 0 Å². The van der Waals surface area contributed by atoms with Crippen molar-refractivity contribution in [3.8, 4) is 5.75 Å². The van der Waals surface area contributed by atoms with Crippen molar-refractivity contribution in [2.45, 2.75) is 51.5 Å². The van der Waals surface area contributed by atoms with Gasteiger partial charge in [-0.3, -0.25) is 4.79 Å². The molecule has 1 aliphatic rings. The third kappa shape index (κ3) is 4.35. The molecule has 2 N–H and O–H groups in total. The van der Waals surface area contributed by atoms with Gasteiger partial charge in [0.2, 0.25) is 0 Å². The Morgan fingerprint density at radius 2 is 2.26 bits per heavy atom. The summed E-state index contributed by atoms with van der Waals surface area (Å²) in [7, 11) is 0. The van der Waals surface area contributed by atoms with E-state index in [9.17, 15) is 4.79 Å². The Balaban J connectivity index is 1.74. The first-order valence-electron chi connectivity index (χ1n) is 7.17. The van der Waals surface area contributed by atoms with Crippen molar-refractivity contribution in [1.29, 1.82) is 0 Å². The van der Waals surface area contributed by atoms with Gasteiger partial charge in [0.05, 0.1) is 6.61 Å². The molecule has 3 heteroatoms. The Morgan fingerprint density at radius 3 is 3.05 bits per heavy atom. The Morgan fingerprint density at radius 1 is 1.42 bits per heavy atom. The minimum absolute atomic E-state index is 0.199. The van der Waals surface area contributed by atoms with Gasteiger partial charge in [-0.1, -0.05) is 12.1 Å². The third-order valence-electron chi connectivity index (χ3n) is 3.56. The molecule has 1 aliphatic heterocycles. The van der Waals surface area contributed by atoms with Gasteiger partial charge in [-0.25, -0.2) is 0 Å². The molecular formula is C16H23NO2. The summed E-state index contributed by atoms with van der Waals surface area (Å²) < 4.78 is 5.48. The maximum Gasteiger partial charge on any atom is 0.133 e. The van der Waals surface area contributed by atoms with E-state index in [4.69, 9.17) is 10.5 Å². The summed E-state index contributed by atoms with van der Waals surface area (Å²) in [5.41, 5.74) is 8.19. The molecule has 0 radical (unpaired) electrons. The topological polar surface area (TPSA) is 52.3 Å². The van der Waals surface area contributed by atoms with E-state index in [1.807, 2.05) is 13.0 Å². The zero-order valence-electron chi connectivity index (χ0n) is 11.7. The predicted octanol–water partition coefficient (Wildman–Crippen LogP) is 2.64. The van der Waals surface area contributed by atoms with Crippen LogP contribution in [0.3, 0.4) is 0 Å². The second-order valence-electron chi connectivity index (χ2n) is 5.45. The summed E-state index contributed by atoms with van der Waals surface area (Å²) in [5.74, 6) is 1.35. The number of hydrogen-bond acceptors (Lipinski definition) is 3. The largest absolute Gasteiger partial charge is 0.493 e. The Kier molecular flexibility index (Phi) is 4.97. The van der Waals surface area contributed by atoms with Gasteiger partial charge in [-0.2, -0.15) is 0 Å². The lowest BCUT2D eigenvalue weighted by molar-refractivity contribution is -0.119. The number of benzene rings is 1. The molecule has 1 heterocycles. The van der Waals surface area contributed by atoms with Crippen LogP contribution < -0.4 is 10.5 Å². The molecule has 0 bridgehead atoms. The summed E-state index contributed by atoms with van der Waals surface area (Å²) in [6.45, 7) is 2.77. The monoisotopic (exact) mass is 261 g/mol. The molecule has 0 aromatic heterocycles. The molecule has 2 rings (SSSR count).